The average Bonchev–Trinajstić information content (AvgIpc) is 2.28. The van der Waals surface area contributed by atoms with Crippen molar-refractivity contribution in [3.05, 3.63) is 53.2 Å². The van der Waals surface area contributed by atoms with Gasteiger partial charge in [0.15, 0.2) is 0 Å². The maximum Gasteiger partial charge on any atom is 0.0705 e. The fourth-order valence-electron chi connectivity index (χ4n) is 1.70. The molecule has 88 valence electrons. The van der Waals surface area contributed by atoms with Gasteiger partial charge in [0.05, 0.1) is 5.69 Å². The lowest BCUT2D eigenvalue weighted by Gasteiger charge is -2.19. The van der Waals surface area contributed by atoms with Crippen molar-refractivity contribution in [3.63, 3.8) is 0 Å². The molecule has 0 aliphatic carbocycles. The quantitative estimate of drug-likeness (QED) is 0.710. The monoisotopic (exact) mass is 245 g/mol. The molecule has 0 aliphatic heterocycles. The van der Waals surface area contributed by atoms with Crippen LogP contribution in [0.1, 0.15) is 26.3 Å². The summed E-state index contributed by atoms with van der Waals surface area (Å²) in [6.07, 6.45) is 1.86. The standard InChI is InChI=1S/C15H16ClN/c1-15(2,3)12-7-8-17-14(10-12)11-5-4-6-13(16)9-11/h4-10H,1-3H3. The van der Waals surface area contributed by atoms with Crippen molar-refractivity contribution in [2.24, 2.45) is 0 Å². The van der Waals surface area contributed by atoms with Crippen molar-refractivity contribution in [1.82, 2.24) is 4.98 Å². The molecule has 0 atom stereocenters. The van der Waals surface area contributed by atoms with Gasteiger partial charge in [0.1, 0.15) is 0 Å². The van der Waals surface area contributed by atoms with E-state index in [2.05, 4.69) is 37.9 Å². The minimum atomic E-state index is 0.135. The first kappa shape index (κ1) is 12.1. The molecule has 1 nitrogen and oxygen atoms in total. The molecule has 2 heteroatoms. The molecule has 2 aromatic rings. The number of hydrogen-bond donors (Lipinski definition) is 0. The number of hydrogen-bond acceptors (Lipinski definition) is 1. The number of aromatic nitrogens is 1. The van der Waals surface area contributed by atoms with Gasteiger partial charge in [0, 0.05) is 16.8 Å². The fraction of sp³-hybridized carbons (Fsp3) is 0.267. The maximum absolute atomic E-state index is 6.00. The predicted octanol–water partition coefficient (Wildman–Crippen LogP) is 4.70. The summed E-state index contributed by atoms with van der Waals surface area (Å²) in [5, 5.41) is 0.741. The van der Waals surface area contributed by atoms with E-state index in [4.69, 9.17) is 11.6 Å². The van der Waals surface area contributed by atoms with Crippen LogP contribution in [0.3, 0.4) is 0 Å². The third-order valence-electron chi connectivity index (χ3n) is 2.75. The first-order valence-corrected chi connectivity index (χ1v) is 6.07. The van der Waals surface area contributed by atoms with Crippen LogP contribution < -0.4 is 0 Å². The summed E-state index contributed by atoms with van der Waals surface area (Å²) in [6, 6.07) is 12.0. The highest BCUT2D eigenvalue weighted by Crippen LogP contribution is 2.27. The third kappa shape index (κ3) is 2.86. The molecule has 1 aromatic heterocycles. The minimum absolute atomic E-state index is 0.135. The van der Waals surface area contributed by atoms with E-state index in [-0.39, 0.29) is 5.41 Å². The van der Waals surface area contributed by atoms with Crippen molar-refractivity contribution in [2.75, 3.05) is 0 Å². The zero-order valence-corrected chi connectivity index (χ0v) is 11.1. The molecule has 2 rings (SSSR count). The summed E-state index contributed by atoms with van der Waals surface area (Å²) in [5.74, 6) is 0. The second-order valence-corrected chi connectivity index (χ2v) is 5.63. The van der Waals surface area contributed by atoms with E-state index in [1.807, 2.05) is 30.5 Å². The van der Waals surface area contributed by atoms with Gasteiger partial charge in [0.25, 0.3) is 0 Å². The van der Waals surface area contributed by atoms with Crippen molar-refractivity contribution in [1.29, 1.82) is 0 Å². The second kappa shape index (κ2) is 4.50. The van der Waals surface area contributed by atoms with E-state index in [0.29, 0.717) is 0 Å². The van der Waals surface area contributed by atoms with E-state index in [9.17, 15) is 0 Å². The molecular formula is C15H16ClN. The Labute approximate surface area is 107 Å². The Morgan fingerprint density at radius 3 is 2.47 bits per heavy atom. The lowest BCUT2D eigenvalue weighted by Crippen LogP contribution is -2.11. The number of rotatable bonds is 1. The molecule has 0 spiro atoms. The van der Waals surface area contributed by atoms with Gasteiger partial charge in [-0.05, 0) is 35.2 Å². The summed E-state index contributed by atoms with van der Waals surface area (Å²) in [4.78, 5) is 4.41. The Bertz CT molecular complexity index is 526. The Morgan fingerprint density at radius 2 is 1.82 bits per heavy atom. The first-order valence-electron chi connectivity index (χ1n) is 5.69. The van der Waals surface area contributed by atoms with Gasteiger partial charge in [-0.2, -0.15) is 0 Å². The maximum atomic E-state index is 6.00. The number of nitrogens with zero attached hydrogens (tertiary/aromatic N) is 1. The Balaban J connectivity index is 2.47. The van der Waals surface area contributed by atoms with Crippen LogP contribution in [0.25, 0.3) is 11.3 Å². The molecule has 1 aromatic carbocycles. The van der Waals surface area contributed by atoms with Crippen molar-refractivity contribution < 1.29 is 0 Å². The summed E-state index contributed by atoms with van der Waals surface area (Å²) >= 11 is 6.00. The zero-order chi connectivity index (χ0) is 12.5. The highest BCUT2D eigenvalue weighted by molar-refractivity contribution is 6.30. The molecule has 0 N–H and O–H groups in total. The number of benzene rings is 1. The Kier molecular flexibility index (Phi) is 3.21. The van der Waals surface area contributed by atoms with Crippen LogP contribution in [0, 0.1) is 0 Å². The van der Waals surface area contributed by atoms with Crippen LogP contribution in [-0.4, -0.2) is 4.98 Å². The lowest BCUT2D eigenvalue weighted by molar-refractivity contribution is 0.589. The highest BCUT2D eigenvalue weighted by atomic mass is 35.5. The van der Waals surface area contributed by atoms with Crippen LogP contribution in [0.5, 0.6) is 0 Å². The second-order valence-electron chi connectivity index (χ2n) is 5.19. The lowest BCUT2D eigenvalue weighted by atomic mass is 9.87. The Hall–Kier alpha value is -1.34. The highest BCUT2D eigenvalue weighted by Gasteiger charge is 2.14. The molecule has 0 saturated carbocycles. The van der Waals surface area contributed by atoms with Gasteiger partial charge in [0.2, 0.25) is 0 Å². The first-order chi connectivity index (χ1) is 7.97. The summed E-state index contributed by atoms with van der Waals surface area (Å²) in [6.45, 7) is 6.60. The smallest absolute Gasteiger partial charge is 0.0705 e. The van der Waals surface area contributed by atoms with E-state index < -0.39 is 0 Å². The molecule has 0 fully saturated rings. The molecule has 0 aliphatic rings. The van der Waals surface area contributed by atoms with Crippen molar-refractivity contribution >= 4 is 11.6 Å². The topological polar surface area (TPSA) is 12.9 Å². The molecule has 0 radical (unpaired) electrons. The van der Waals surface area contributed by atoms with Gasteiger partial charge in [-0.25, -0.2) is 0 Å². The number of halogens is 1. The van der Waals surface area contributed by atoms with Gasteiger partial charge >= 0.3 is 0 Å². The van der Waals surface area contributed by atoms with Gasteiger partial charge in [-0.3, -0.25) is 4.98 Å². The van der Waals surface area contributed by atoms with Crippen molar-refractivity contribution in [2.45, 2.75) is 26.2 Å². The zero-order valence-electron chi connectivity index (χ0n) is 10.4. The van der Waals surface area contributed by atoms with E-state index in [1.165, 1.54) is 5.56 Å². The van der Waals surface area contributed by atoms with Crippen LogP contribution in [0.4, 0.5) is 0 Å². The molecule has 0 unspecified atom stereocenters. The molecule has 1 heterocycles. The Morgan fingerprint density at radius 1 is 1.06 bits per heavy atom. The van der Waals surface area contributed by atoms with E-state index in [1.54, 1.807) is 0 Å². The van der Waals surface area contributed by atoms with E-state index in [0.717, 1.165) is 16.3 Å². The van der Waals surface area contributed by atoms with Gasteiger partial charge < -0.3 is 0 Å². The number of pyridine rings is 1. The van der Waals surface area contributed by atoms with Gasteiger partial charge in [-0.1, -0.05) is 44.5 Å². The van der Waals surface area contributed by atoms with Gasteiger partial charge in [-0.15, -0.1) is 0 Å². The van der Waals surface area contributed by atoms with Crippen LogP contribution >= 0.6 is 11.6 Å². The normalized spacial score (nSPS) is 11.5. The molecule has 17 heavy (non-hydrogen) atoms. The van der Waals surface area contributed by atoms with E-state index >= 15 is 0 Å². The molecule has 0 saturated heterocycles. The summed E-state index contributed by atoms with van der Waals surface area (Å²) in [5.41, 5.74) is 3.45. The van der Waals surface area contributed by atoms with Crippen molar-refractivity contribution in [3.8, 4) is 11.3 Å². The van der Waals surface area contributed by atoms with Crippen LogP contribution in [0.2, 0.25) is 5.02 Å². The SMILES string of the molecule is CC(C)(C)c1ccnc(-c2cccc(Cl)c2)c1. The largest absolute Gasteiger partial charge is 0.256 e. The summed E-state index contributed by atoms with van der Waals surface area (Å²) < 4.78 is 0. The molecular weight excluding hydrogens is 230 g/mol. The molecule has 0 amide bonds. The molecule has 0 bridgehead atoms. The van der Waals surface area contributed by atoms with Crippen LogP contribution in [-0.2, 0) is 5.41 Å². The minimum Gasteiger partial charge on any atom is -0.256 e. The fourth-order valence-corrected chi connectivity index (χ4v) is 1.89. The average molecular weight is 246 g/mol. The van der Waals surface area contributed by atoms with Crippen LogP contribution in [0.15, 0.2) is 42.6 Å². The third-order valence-corrected chi connectivity index (χ3v) is 2.98. The predicted molar refractivity (Wildman–Crippen MR) is 73.4 cm³/mol. The summed E-state index contributed by atoms with van der Waals surface area (Å²) in [7, 11) is 0.